The Labute approximate surface area is 154 Å². The van der Waals surface area contributed by atoms with Crippen LogP contribution in [-0.4, -0.2) is 17.6 Å². The molecule has 0 fully saturated rings. The van der Waals surface area contributed by atoms with Gasteiger partial charge in [0.05, 0.1) is 30.3 Å². The van der Waals surface area contributed by atoms with Gasteiger partial charge in [0.25, 0.3) is 5.91 Å². The fourth-order valence-electron chi connectivity index (χ4n) is 2.43. The summed E-state index contributed by atoms with van der Waals surface area (Å²) in [6.07, 6.45) is 5.69. The molecule has 0 bridgehead atoms. The predicted octanol–water partition coefficient (Wildman–Crippen LogP) is 3.67. The molecule has 0 spiro atoms. The summed E-state index contributed by atoms with van der Waals surface area (Å²) in [5, 5.41) is 0.637. The third kappa shape index (κ3) is 3.93. The number of nitrogens with zero attached hydrogens (tertiary/aromatic N) is 2. The molecule has 0 aliphatic heterocycles. The van der Waals surface area contributed by atoms with Crippen LogP contribution in [0.15, 0.2) is 47.5 Å². The first-order valence-corrected chi connectivity index (χ1v) is 8.73. The Kier molecular flexibility index (Phi) is 5.22. The molecule has 6 heteroatoms. The van der Waals surface area contributed by atoms with Crippen LogP contribution in [0.1, 0.15) is 5.56 Å². The molecule has 0 radical (unpaired) electrons. The Hall–Kier alpha value is -2.55. The average Bonchev–Trinajstić information content (AvgIpc) is 2.93. The van der Waals surface area contributed by atoms with Gasteiger partial charge in [-0.2, -0.15) is 4.99 Å². The number of ether oxygens (including phenoxy) is 1. The van der Waals surface area contributed by atoms with E-state index in [2.05, 4.69) is 10.9 Å². The van der Waals surface area contributed by atoms with Gasteiger partial charge in [-0.1, -0.05) is 41.0 Å². The first-order chi connectivity index (χ1) is 12.1. The van der Waals surface area contributed by atoms with Crippen molar-refractivity contribution in [2.75, 3.05) is 7.11 Å². The van der Waals surface area contributed by atoms with E-state index in [1.165, 1.54) is 11.3 Å². The van der Waals surface area contributed by atoms with Gasteiger partial charge in [-0.3, -0.25) is 4.79 Å². The molecule has 1 aromatic heterocycles. The normalized spacial score (nSPS) is 11.5. The van der Waals surface area contributed by atoms with E-state index in [-0.39, 0.29) is 12.3 Å². The van der Waals surface area contributed by atoms with Gasteiger partial charge in [-0.15, -0.1) is 6.42 Å². The summed E-state index contributed by atoms with van der Waals surface area (Å²) in [4.78, 5) is 17.2. The zero-order valence-electron chi connectivity index (χ0n) is 13.5. The van der Waals surface area contributed by atoms with E-state index in [1.54, 1.807) is 19.2 Å². The molecule has 0 unspecified atom stereocenters. The van der Waals surface area contributed by atoms with Crippen LogP contribution in [0.4, 0.5) is 0 Å². The highest BCUT2D eigenvalue weighted by Crippen LogP contribution is 2.23. The second-order valence-electron chi connectivity index (χ2n) is 5.32. The summed E-state index contributed by atoms with van der Waals surface area (Å²) in [5.41, 5.74) is 1.80. The number of hydrogen-bond acceptors (Lipinski definition) is 3. The van der Waals surface area contributed by atoms with Gasteiger partial charge in [0, 0.05) is 5.02 Å². The molecule has 0 atom stereocenters. The summed E-state index contributed by atoms with van der Waals surface area (Å²) in [5.74, 6) is 3.13. The molecule has 0 N–H and O–H groups in total. The number of benzene rings is 2. The van der Waals surface area contributed by atoms with Gasteiger partial charge >= 0.3 is 0 Å². The van der Waals surface area contributed by atoms with Crippen LogP contribution >= 0.6 is 22.9 Å². The topological polar surface area (TPSA) is 43.6 Å². The zero-order valence-corrected chi connectivity index (χ0v) is 15.1. The highest BCUT2D eigenvalue weighted by Gasteiger charge is 2.09. The van der Waals surface area contributed by atoms with E-state index >= 15 is 0 Å². The number of carbonyl (C=O) groups is 1. The second kappa shape index (κ2) is 7.56. The van der Waals surface area contributed by atoms with E-state index in [0.717, 1.165) is 21.5 Å². The number of hydrogen-bond donors (Lipinski definition) is 0. The van der Waals surface area contributed by atoms with E-state index in [4.69, 9.17) is 22.8 Å². The minimum absolute atomic E-state index is 0.213. The van der Waals surface area contributed by atoms with Crippen LogP contribution in [0.3, 0.4) is 0 Å². The van der Waals surface area contributed by atoms with Crippen molar-refractivity contribution in [2.24, 2.45) is 4.99 Å². The van der Waals surface area contributed by atoms with Gasteiger partial charge in [-0.05, 0) is 35.9 Å². The Bertz CT molecular complexity index is 1030. The summed E-state index contributed by atoms with van der Waals surface area (Å²) in [6.45, 7) is 0.347. The maximum absolute atomic E-state index is 12.3. The molecule has 0 saturated carbocycles. The number of rotatable bonds is 4. The van der Waals surface area contributed by atoms with E-state index in [0.29, 0.717) is 16.4 Å². The SMILES string of the molecule is C#CCn1c(=NC(=O)Cc2ccc(Cl)cc2)sc2cc(OC)ccc21. The summed E-state index contributed by atoms with van der Waals surface area (Å²) >= 11 is 7.28. The molecule has 1 amide bonds. The Morgan fingerprint density at radius 3 is 2.76 bits per heavy atom. The van der Waals surface area contributed by atoms with Crippen molar-refractivity contribution in [3.8, 4) is 18.1 Å². The van der Waals surface area contributed by atoms with Gasteiger partial charge < -0.3 is 9.30 Å². The molecular formula is C19H15ClN2O2S. The largest absolute Gasteiger partial charge is 0.497 e. The molecule has 2 aromatic carbocycles. The van der Waals surface area contributed by atoms with Crippen LogP contribution in [0.5, 0.6) is 5.75 Å². The number of carbonyl (C=O) groups excluding carboxylic acids is 1. The molecule has 3 rings (SSSR count). The van der Waals surface area contributed by atoms with Crippen molar-refractivity contribution in [3.05, 3.63) is 57.9 Å². The lowest BCUT2D eigenvalue weighted by atomic mass is 10.1. The van der Waals surface area contributed by atoms with Crippen LogP contribution in [0.25, 0.3) is 10.2 Å². The van der Waals surface area contributed by atoms with Crippen LogP contribution < -0.4 is 9.54 Å². The van der Waals surface area contributed by atoms with Crippen molar-refractivity contribution in [1.29, 1.82) is 0 Å². The fourth-order valence-corrected chi connectivity index (χ4v) is 3.63. The molecule has 1 heterocycles. The monoisotopic (exact) mass is 370 g/mol. The van der Waals surface area contributed by atoms with Crippen molar-refractivity contribution < 1.29 is 9.53 Å². The summed E-state index contributed by atoms with van der Waals surface area (Å²) in [7, 11) is 1.62. The van der Waals surface area contributed by atoms with Crippen LogP contribution in [0.2, 0.25) is 5.02 Å². The number of aromatic nitrogens is 1. The molecule has 25 heavy (non-hydrogen) atoms. The lowest BCUT2D eigenvalue weighted by Gasteiger charge is -2.01. The highest BCUT2D eigenvalue weighted by atomic mass is 35.5. The maximum Gasteiger partial charge on any atom is 0.252 e. The zero-order chi connectivity index (χ0) is 17.8. The molecule has 3 aromatic rings. The number of halogens is 1. The van der Waals surface area contributed by atoms with Crippen LogP contribution in [-0.2, 0) is 17.8 Å². The fraction of sp³-hybridized carbons (Fsp3) is 0.158. The summed E-state index contributed by atoms with van der Waals surface area (Å²) < 4.78 is 8.08. The lowest BCUT2D eigenvalue weighted by Crippen LogP contribution is -2.17. The van der Waals surface area contributed by atoms with Gasteiger partial charge in [0.1, 0.15) is 5.75 Å². The first kappa shape index (κ1) is 17.3. The van der Waals surface area contributed by atoms with Gasteiger partial charge in [-0.25, -0.2) is 0 Å². The van der Waals surface area contributed by atoms with Crippen molar-refractivity contribution >= 4 is 39.1 Å². The smallest absolute Gasteiger partial charge is 0.252 e. The van der Waals surface area contributed by atoms with Gasteiger partial charge in [0.15, 0.2) is 4.80 Å². The molecule has 4 nitrogen and oxygen atoms in total. The number of fused-ring (bicyclic) bond motifs is 1. The third-order valence-corrected chi connectivity index (χ3v) is 4.92. The summed E-state index contributed by atoms with van der Waals surface area (Å²) in [6, 6.07) is 12.9. The number of thiazole rings is 1. The van der Waals surface area contributed by atoms with E-state index < -0.39 is 0 Å². The lowest BCUT2D eigenvalue weighted by molar-refractivity contribution is -0.117. The Morgan fingerprint density at radius 1 is 1.32 bits per heavy atom. The Morgan fingerprint density at radius 2 is 2.08 bits per heavy atom. The van der Waals surface area contributed by atoms with Crippen molar-refractivity contribution in [2.45, 2.75) is 13.0 Å². The predicted molar refractivity (Wildman–Crippen MR) is 101 cm³/mol. The number of terminal acetylenes is 1. The quantitative estimate of drug-likeness (QED) is 0.658. The molecular weight excluding hydrogens is 356 g/mol. The third-order valence-electron chi connectivity index (χ3n) is 3.63. The first-order valence-electron chi connectivity index (χ1n) is 7.53. The Balaban J connectivity index is 1.99. The van der Waals surface area contributed by atoms with Crippen LogP contribution in [0, 0.1) is 12.3 Å². The van der Waals surface area contributed by atoms with Crippen molar-refractivity contribution in [1.82, 2.24) is 4.57 Å². The minimum Gasteiger partial charge on any atom is -0.497 e. The van der Waals surface area contributed by atoms with E-state index in [1.807, 2.05) is 34.9 Å². The van der Waals surface area contributed by atoms with Gasteiger partial charge in [0.2, 0.25) is 0 Å². The second-order valence-corrected chi connectivity index (χ2v) is 6.76. The number of methoxy groups -OCH3 is 1. The average molecular weight is 371 g/mol. The number of amides is 1. The molecule has 0 saturated heterocycles. The molecule has 126 valence electrons. The van der Waals surface area contributed by atoms with Crippen molar-refractivity contribution in [3.63, 3.8) is 0 Å². The molecule has 0 aliphatic carbocycles. The van der Waals surface area contributed by atoms with E-state index in [9.17, 15) is 4.79 Å². The molecule has 0 aliphatic rings. The standard InChI is InChI=1S/C19H15ClN2O2S/c1-3-10-22-16-9-8-15(24-2)12-17(16)25-19(22)21-18(23)11-13-4-6-14(20)7-5-13/h1,4-9,12H,10-11H2,2H3. The minimum atomic E-state index is -0.230. The highest BCUT2D eigenvalue weighted by molar-refractivity contribution is 7.16. The maximum atomic E-state index is 12.3.